The minimum atomic E-state index is -1.10. The van der Waals surface area contributed by atoms with Gasteiger partial charge in [-0.05, 0) is 18.8 Å². The number of carboxylic acid groups (broad SMARTS) is 1. The number of nitrogens with one attached hydrogen (secondary N) is 1. The number of carboxylic acids is 1. The summed E-state index contributed by atoms with van der Waals surface area (Å²) >= 11 is 0. The summed E-state index contributed by atoms with van der Waals surface area (Å²) in [6.07, 6.45) is 0.426. The van der Waals surface area contributed by atoms with Crippen LogP contribution >= 0.6 is 0 Å². The maximum atomic E-state index is 11.6. The lowest BCUT2D eigenvalue weighted by atomic mass is 10.0. The van der Waals surface area contributed by atoms with E-state index in [9.17, 15) is 14.4 Å². The lowest BCUT2D eigenvalue weighted by molar-refractivity contribution is -0.142. The molecule has 2 atom stereocenters. The molecular weight excluding hydrogens is 238 g/mol. The minimum absolute atomic E-state index is 0.00347. The Morgan fingerprint density at radius 1 is 1.28 bits per heavy atom. The second-order valence-corrected chi connectivity index (χ2v) is 4.64. The molecule has 0 aromatic heterocycles. The number of amides is 2. The number of carbonyl (C=O) groups excluding carboxylic acids is 2. The topological polar surface area (TPSA) is 136 Å². The van der Waals surface area contributed by atoms with Gasteiger partial charge >= 0.3 is 5.97 Å². The standard InChI is InChI=1S/C11H21N3O4/c1-6(2)5-8(11(17)18)14-10(16)7(12)3-4-9(13)15/h6-8H,3-5,12H2,1-2H3,(H2,13,15)(H,14,16)(H,17,18)/t7-,8-/m0/s1. The van der Waals surface area contributed by atoms with Gasteiger partial charge in [-0.15, -0.1) is 0 Å². The quantitative estimate of drug-likeness (QED) is 0.452. The highest BCUT2D eigenvalue weighted by atomic mass is 16.4. The number of rotatable bonds is 8. The van der Waals surface area contributed by atoms with E-state index in [1.165, 1.54) is 0 Å². The fourth-order valence-corrected chi connectivity index (χ4v) is 1.40. The van der Waals surface area contributed by atoms with Crippen molar-refractivity contribution in [1.29, 1.82) is 0 Å². The summed E-state index contributed by atoms with van der Waals surface area (Å²) in [6.45, 7) is 3.71. The molecule has 0 aliphatic carbocycles. The first kappa shape index (κ1) is 16.4. The average Bonchev–Trinajstić information content (AvgIpc) is 2.23. The van der Waals surface area contributed by atoms with Crippen molar-refractivity contribution in [3.8, 4) is 0 Å². The predicted molar refractivity (Wildman–Crippen MR) is 65.4 cm³/mol. The second-order valence-electron chi connectivity index (χ2n) is 4.64. The summed E-state index contributed by atoms with van der Waals surface area (Å²) in [5.41, 5.74) is 10.5. The highest BCUT2D eigenvalue weighted by Gasteiger charge is 2.24. The van der Waals surface area contributed by atoms with Crippen molar-refractivity contribution in [3.63, 3.8) is 0 Å². The van der Waals surface area contributed by atoms with Gasteiger partial charge in [-0.2, -0.15) is 0 Å². The van der Waals surface area contributed by atoms with Crippen LogP contribution in [0, 0.1) is 5.92 Å². The molecule has 6 N–H and O–H groups in total. The van der Waals surface area contributed by atoms with E-state index in [2.05, 4.69) is 5.32 Å². The molecule has 0 rings (SSSR count). The number of aliphatic carboxylic acids is 1. The first-order chi connectivity index (χ1) is 8.23. The van der Waals surface area contributed by atoms with Gasteiger partial charge in [0.25, 0.3) is 0 Å². The molecule has 2 amide bonds. The van der Waals surface area contributed by atoms with Crippen molar-refractivity contribution >= 4 is 17.8 Å². The van der Waals surface area contributed by atoms with E-state index in [0.717, 1.165) is 0 Å². The lowest BCUT2D eigenvalue weighted by Gasteiger charge is -2.19. The largest absolute Gasteiger partial charge is 0.480 e. The van der Waals surface area contributed by atoms with Crippen LogP contribution in [0.25, 0.3) is 0 Å². The summed E-state index contributed by atoms with van der Waals surface area (Å²) < 4.78 is 0. The Morgan fingerprint density at radius 2 is 1.83 bits per heavy atom. The van der Waals surface area contributed by atoms with E-state index in [0.29, 0.717) is 6.42 Å². The molecule has 7 heteroatoms. The summed E-state index contributed by atoms with van der Waals surface area (Å²) in [5, 5.41) is 11.3. The Labute approximate surface area is 106 Å². The molecule has 0 aromatic carbocycles. The van der Waals surface area contributed by atoms with Crippen molar-refractivity contribution in [3.05, 3.63) is 0 Å². The Kier molecular flexibility index (Phi) is 6.96. The molecule has 0 aliphatic rings. The van der Waals surface area contributed by atoms with Crippen molar-refractivity contribution in [2.24, 2.45) is 17.4 Å². The van der Waals surface area contributed by atoms with Crippen molar-refractivity contribution in [2.45, 2.75) is 45.2 Å². The summed E-state index contributed by atoms with van der Waals surface area (Å²) in [4.78, 5) is 33.1. The fourth-order valence-electron chi connectivity index (χ4n) is 1.40. The Hall–Kier alpha value is -1.63. The molecule has 0 fully saturated rings. The van der Waals surface area contributed by atoms with Gasteiger partial charge in [0.1, 0.15) is 6.04 Å². The second kappa shape index (κ2) is 7.65. The SMILES string of the molecule is CC(C)C[C@H](NC(=O)[C@@H](N)CCC(N)=O)C(=O)O. The van der Waals surface area contributed by atoms with Crippen LogP contribution in [0.3, 0.4) is 0 Å². The van der Waals surface area contributed by atoms with Gasteiger partial charge in [-0.1, -0.05) is 13.8 Å². The molecule has 0 saturated heterocycles. The third kappa shape index (κ3) is 6.85. The molecule has 0 unspecified atom stereocenters. The Morgan fingerprint density at radius 3 is 2.22 bits per heavy atom. The summed E-state index contributed by atoms with van der Waals surface area (Å²) in [6, 6.07) is -1.89. The van der Waals surface area contributed by atoms with E-state index in [1.54, 1.807) is 0 Å². The molecule has 0 saturated carbocycles. The van der Waals surface area contributed by atoms with E-state index in [4.69, 9.17) is 16.6 Å². The van der Waals surface area contributed by atoms with E-state index >= 15 is 0 Å². The van der Waals surface area contributed by atoms with Crippen LogP contribution in [0.1, 0.15) is 33.1 Å². The van der Waals surface area contributed by atoms with Crippen LogP contribution in [0.5, 0.6) is 0 Å². The maximum absolute atomic E-state index is 11.6. The smallest absolute Gasteiger partial charge is 0.326 e. The van der Waals surface area contributed by atoms with Crippen LogP contribution < -0.4 is 16.8 Å². The monoisotopic (exact) mass is 259 g/mol. The Balaban J connectivity index is 4.31. The van der Waals surface area contributed by atoms with Gasteiger partial charge in [0.15, 0.2) is 0 Å². The van der Waals surface area contributed by atoms with Gasteiger partial charge < -0.3 is 21.9 Å². The fraction of sp³-hybridized carbons (Fsp3) is 0.727. The zero-order chi connectivity index (χ0) is 14.3. The zero-order valence-corrected chi connectivity index (χ0v) is 10.7. The van der Waals surface area contributed by atoms with Crippen molar-refractivity contribution in [2.75, 3.05) is 0 Å². The minimum Gasteiger partial charge on any atom is -0.480 e. The Bertz CT molecular complexity index is 317. The number of hydrogen-bond acceptors (Lipinski definition) is 4. The molecular formula is C11H21N3O4. The molecule has 0 aliphatic heterocycles. The van der Waals surface area contributed by atoms with Crippen molar-refractivity contribution < 1.29 is 19.5 Å². The van der Waals surface area contributed by atoms with E-state index in [1.807, 2.05) is 13.8 Å². The van der Waals surface area contributed by atoms with Crippen LogP contribution in [-0.4, -0.2) is 35.0 Å². The first-order valence-corrected chi connectivity index (χ1v) is 5.81. The highest BCUT2D eigenvalue weighted by molar-refractivity contribution is 5.87. The van der Waals surface area contributed by atoms with Gasteiger partial charge in [0, 0.05) is 6.42 Å². The third-order valence-corrected chi connectivity index (χ3v) is 2.36. The first-order valence-electron chi connectivity index (χ1n) is 5.81. The number of hydrogen-bond donors (Lipinski definition) is 4. The number of primary amides is 1. The maximum Gasteiger partial charge on any atom is 0.326 e. The number of nitrogens with two attached hydrogens (primary N) is 2. The molecule has 0 radical (unpaired) electrons. The molecule has 7 nitrogen and oxygen atoms in total. The molecule has 0 heterocycles. The predicted octanol–water partition coefficient (Wildman–Crippen LogP) is -0.805. The lowest BCUT2D eigenvalue weighted by Crippen LogP contribution is -2.49. The third-order valence-electron chi connectivity index (χ3n) is 2.36. The van der Waals surface area contributed by atoms with E-state index < -0.39 is 29.9 Å². The summed E-state index contributed by atoms with van der Waals surface area (Å²) in [5.74, 6) is -2.09. The van der Waals surface area contributed by atoms with Crippen LogP contribution in [0.4, 0.5) is 0 Å². The normalized spacial score (nSPS) is 14.0. The van der Waals surface area contributed by atoms with Crippen molar-refractivity contribution in [1.82, 2.24) is 5.32 Å². The molecule has 0 spiro atoms. The van der Waals surface area contributed by atoms with Gasteiger partial charge in [-0.3, -0.25) is 9.59 Å². The zero-order valence-electron chi connectivity index (χ0n) is 10.7. The molecule has 0 bridgehead atoms. The summed E-state index contributed by atoms with van der Waals surface area (Å²) in [7, 11) is 0. The van der Waals surface area contributed by atoms with E-state index in [-0.39, 0.29) is 18.8 Å². The molecule has 18 heavy (non-hydrogen) atoms. The number of carbonyl (C=O) groups is 3. The molecule has 0 aromatic rings. The highest BCUT2D eigenvalue weighted by Crippen LogP contribution is 2.05. The van der Waals surface area contributed by atoms with Gasteiger partial charge in [0.05, 0.1) is 6.04 Å². The average molecular weight is 259 g/mol. The van der Waals surface area contributed by atoms with Crippen LogP contribution in [0.2, 0.25) is 0 Å². The van der Waals surface area contributed by atoms with Crippen LogP contribution in [-0.2, 0) is 14.4 Å². The van der Waals surface area contributed by atoms with Gasteiger partial charge in [-0.25, -0.2) is 4.79 Å². The molecule has 104 valence electrons. The van der Waals surface area contributed by atoms with Gasteiger partial charge in [0.2, 0.25) is 11.8 Å². The van der Waals surface area contributed by atoms with Crippen LogP contribution in [0.15, 0.2) is 0 Å².